The first-order chi connectivity index (χ1) is 14.4. The van der Waals surface area contributed by atoms with Crippen molar-refractivity contribution in [3.8, 4) is 11.5 Å². The summed E-state index contributed by atoms with van der Waals surface area (Å²) in [7, 11) is 0. The molecule has 2 aromatic carbocycles. The fraction of sp³-hybridized carbons (Fsp3) is 0.263. The van der Waals surface area contributed by atoms with Crippen LogP contribution in [0, 0.1) is 0 Å². The van der Waals surface area contributed by atoms with Crippen molar-refractivity contribution in [1.82, 2.24) is 0 Å². The van der Waals surface area contributed by atoms with Crippen molar-refractivity contribution in [3.63, 3.8) is 0 Å². The maximum atomic E-state index is 13.2. The third-order valence-electron chi connectivity index (χ3n) is 4.07. The van der Waals surface area contributed by atoms with E-state index in [0.29, 0.717) is 4.90 Å². The lowest BCUT2D eigenvalue weighted by atomic mass is 10.1. The van der Waals surface area contributed by atoms with Crippen molar-refractivity contribution >= 4 is 17.5 Å². The molecule has 1 aliphatic heterocycles. The molecule has 0 fully saturated rings. The second-order valence-electron chi connectivity index (χ2n) is 6.41. The van der Waals surface area contributed by atoms with Crippen LogP contribution in [0.15, 0.2) is 42.5 Å². The standard InChI is InChI=1S/C19H12F7NO4/c20-17(21)18(22,23)8-30-11-5-10(6-12(7-11)31-9-19(24,25)26)27-15(28)13-3-1-2-4-14(13)16(27)29/h1-7,17H,8-9H2. The van der Waals surface area contributed by atoms with Gasteiger partial charge in [0.05, 0.1) is 16.8 Å². The second-order valence-corrected chi connectivity index (χ2v) is 6.41. The molecule has 0 aliphatic carbocycles. The molecule has 0 bridgehead atoms. The van der Waals surface area contributed by atoms with Gasteiger partial charge in [-0.2, -0.15) is 22.0 Å². The Balaban J connectivity index is 1.95. The first kappa shape index (κ1) is 22.4. The van der Waals surface area contributed by atoms with Gasteiger partial charge in [0, 0.05) is 18.2 Å². The summed E-state index contributed by atoms with van der Waals surface area (Å²) in [5.41, 5.74) is -0.317. The number of halogens is 7. The van der Waals surface area contributed by atoms with Crippen LogP contribution >= 0.6 is 0 Å². The van der Waals surface area contributed by atoms with Gasteiger partial charge < -0.3 is 9.47 Å². The molecule has 2 amide bonds. The fourth-order valence-electron chi connectivity index (χ4n) is 2.68. The van der Waals surface area contributed by atoms with Crippen molar-refractivity contribution in [1.29, 1.82) is 0 Å². The van der Waals surface area contributed by atoms with Gasteiger partial charge in [-0.3, -0.25) is 9.59 Å². The van der Waals surface area contributed by atoms with E-state index >= 15 is 0 Å². The normalized spacial score (nSPS) is 14.3. The van der Waals surface area contributed by atoms with Crippen LogP contribution in [0.5, 0.6) is 11.5 Å². The van der Waals surface area contributed by atoms with Crippen LogP contribution in [0.4, 0.5) is 36.4 Å². The Hall–Kier alpha value is -3.31. The number of hydrogen-bond donors (Lipinski definition) is 0. The van der Waals surface area contributed by atoms with Gasteiger partial charge in [-0.25, -0.2) is 13.7 Å². The highest BCUT2D eigenvalue weighted by Gasteiger charge is 2.42. The summed E-state index contributed by atoms with van der Waals surface area (Å²) in [5, 5.41) is 0. The third-order valence-corrected chi connectivity index (χ3v) is 4.07. The van der Waals surface area contributed by atoms with Crippen LogP contribution in [0.25, 0.3) is 0 Å². The number of rotatable bonds is 7. The molecule has 1 heterocycles. The van der Waals surface area contributed by atoms with Gasteiger partial charge in [0.1, 0.15) is 11.5 Å². The van der Waals surface area contributed by atoms with E-state index in [-0.39, 0.29) is 16.8 Å². The Morgan fingerprint density at radius 3 is 1.74 bits per heavy atom. The van der Waals surface area contributed by atoms with E-state index in [1.165, 1.54) is 24.3 Å². The average Bonchev–Trinajstić information content (AvgIpc) is 2.95. The zero-order chi connectivity index (χ0) is 23.0. The third kappa shape index (κ3) is 4.89. The predicted octanol–water partition coefficient (Wildman–Crippen LogP) is 4.71. The van der Waals surface area contributed by atoms with Gasteiger partial charge in [0.15, 0.2) is 13.2 Å². The van der Waals surface area contributed by atoms with E-state index in [2.05, 4.69) is 9.47 Å². The molecule has 2 aromatic rings. The number of anilines is 1. The van der Waals surface area contributed by atoms with Crippen molar-refractivity contribution < 1.29 is 49.8 Å². The molecule has 3 rings (SSSR count). The van der Waals surface area contributed by atoms with Gasteiger partial charge in [-0.1, -0.05) is 12.1 Å². The van der Waals surface area contributed by atoms with Crippen LogP contribution in [-0.2, 0) is 0 Å². The van der Waals surface area contributed by atoms with Crippen LogP contribution in [0.2, 0.25) is 0 Å². The molecule has 1 aliphatic rings. The fourth-order valence-corrected chi connectivity index (χ4v) is 2.68. The molecule has 0 N–H and O–H groups in total. The molecule has 0 atom stereocenters. The van der Waals surface area contributed by atoms with Gasteiger partial charge >= 0.3 is 18.5 Å². The van der Waals surface area contributed by atoms with Gasteiger partial charge in [-0.05, 0) is 12.1 Å². The molecule has 5 nitrogen and oxygen atoms in total. The van der Waals surface area contributed by atoms with Crippen molar-refractivity contribution in [3.05, 3.63) is 53.6 Å². The summed E-state index contributed by atoms with van der Waals surface area (Å²) in [6.45, 7) is -3.57. The maximum absolute atomic E-state index is 13.2. The van der Waals surface area contributed by atoms with Crippen LogP contribution in [-0.4, -0.2) is 43.6 Å². The number of amides is 2. The molecule has 0 saturated carbocycles. The Morgan fingerprint density at radius 2 is 1.29 bits per heavy atom. The zero-order valence-corrected chi connectivity index (χ0v) is 15.3. The highest BCUT2D eigenvalue weighted by Crippen LogP contribution is 2.35. The van der Waals surface area contributed by atoms with E-state index in [1.54, 1.807) is 0 Å². The molecule has 12 heteroatoms. The molecular formula is C19H12F7NO4. The quantitative estimate of drug-likeness (QED) is 0.452. The Morgan fingerprint density at radius 1 is 0.806 bits per heavy atom. The number of alkyl halides is 7. The number of fused-ring (bicyclic) bond motifs is 1. The van der Waals surface area contributed by atoms with Crippen molar-refractivity contribution in [2.75, 3.05) is 18.1 Å². The lowest BCUT2D eigenvalue weighted by Gasteiger charge is -2.20. The minimum absolute atomic E-state index is 0.0146. The van der Waals surface area contributed by atoms with Crippen molar-refractivity contribution in [2.45, 2.75) is 18.5 Å². The Bertz CT molecular complexity index is 972. The molecule has 0 radical (unpaired) electrons. The summed E-state index contributed by atoms with van der Waals surface area (Å²) in [4.78, 5) is 25.7. The minimum Gasteiger partial charge on any atom is -0.487 e. The highest BCUT2D eigenvalue weighted by atomic mass is 19.4. The lowest BCUT2D eigenvalue weighted by Crippen LogP contribution is -2.34. The first-order valence-corrected chi connectivity index (χ1v) is 8.50. The number of benzene rings is 2. The van der Waals surface area contributed by atoms with Crippen LogP contribution in [0.1, 0.15) is 20.7 Å². The summed E-state index contributed by atoms with van der Waals surface area (Å²) in [6.07, 6.45) is -8.80. The highest BCUT2D eigenvalue weighted by molar-refractivity contribution is 6.34. The van der Waals surface area contributed by atoms with Crippen LogP contribution < -0.4 is 14.4 Å². The molecular weight excluding hydrogens is 439 g/mol. The number of hydrogen-bond acceptors (Lipinski definition) is 4. The average molecular weight is 451 g/mol. The summed E-state index contributed by atoms with van der Waals surface area (Å²) in [5.74, 6) is -7.37. The van der Waals surface area contributed by atoms with Gasteiger partial charge in [-0.15, -0.1) is 0 Å². The Kier molecular flexibility index (Phi) is 5.83. The van der Waals surface area contributed by atoms with Gasteiger partial charge in [0.2, 0.25) is 0 Å². The molecule has 0 saturated heterocycles. The van der Waals surface area contributed by atoms with E-state index in [1.807, 2.05) is 0 Å². The molecule has 0 unspecified atom stereocenters. The lowest BCUT2D eigenvalue weighted by molar-refractivity contribution is -0.153. The van der Waals surface area contributed by atoms with Crippen LogP contribution in [0.3, 0.4) is 0 Å². The smallest absolute Gasteiger partial charge is 0.422 e. The predicted molar refractivity (Wildman–Crippen MR) is 92.0 cm³/mol. The van der Waals surface area contributed by atoms with E-state index < -0.39 is 55.1 Å². The number of ether oxygens (including phenoxy) is 2. The number of carbonyl (C=O) groups is 2. The summed E-state index contributed by atoms with van der Waals surface area (Å²) in [6, 6.07) is 8.18. The second kappa shape index (κ2) is 8.08. The summed E-state index contributed by atoms with van der Waals surface area (Å²) < 4.78 is 97.6. The number of nitrogens with zero attached hydrogens (tertiary/aromatic N) is 1. The Labute approximate surface area is 170 Å². The molecule has 31 heavy (non-hydrogen) atoms. The van der Waals surface area contributed by atoms with Crippen molar-refractivity contribution in [2.24, 2.45) is 0 Å². The topological polar surface area (TPSA) is 55.8 Å². The monoisotopic (exact) mass is 451 g/mol. The van der Waals surface area contributed by atoms with Gasteiger partial charge in [0.25, 0.3) is 11.8 Å². The molecule has 166 valence electrons. The maximum Gasteiger partial charge on any atom is 0.422 e. The molecule has 0 aromatic heterocycles. The number of carbonyl (C=O) groups excluding carboxylic acids is 2. The van der Waals surface area contributed by atoms with E-state index in [9.17, 15) is 40.3 Å². The summed E-state index contributed by atoms with van der Waals surface area (Å²) >= 11 is 0. The largest absolute Gasteiger partial charge is 0.487 e. The first-order valence-electron chi connectivity index (χ1n) is 8.50. The molecule has 0 spiro atoms. The SMILES string of the molecule is O=C1c2ccccc2C(=O)N1c1cc(OCC(F)(F)F)cc(OCC(F)(F)C(F)F)c1. The zero-order valence-electron chi connectivity index (χ0n) is 15.3. The number of imide groups is 1. The van der Waals surface area contributed by atoms with E-state index in [4.69, 9.17) is 0 Å². The van der Waals surface area contributed by atoms with E-state index in [0.717, 1.165) is 18.2 Å². The minimum atomic E-state index is -4.75.